The van der Waals surface area contributed by atoms with Crippen LogP contribution in [0, 0.1) is 0 Å². The van der Waals surface area contributed by atoms with Gasteiger partial charge in [0.1, 0.15) is 5.82 Å². The number of carbonyl (C=O) groups is 2. The average molecular weight is 333 g/mol. The van der Waals surface area contributed by atoms with Gasteiger partial charge in [0, 0.05) is 33.1 Å². The lowest BCUT2D eigenvalue weighted by molar-refractivity contribution is -0.131. The number of carbonyl (C=O) groups excluding carboxylic acids is 2. The lowest BCUT2D eigenvalue weighted by Gasteiger charge is -2.25. The minimum Gasteiger partial charge on any atom is -0.374 e. The number of amides is 2. The van der Waals surface area contributed by atoms with Crippen molar-refractivity contribution in [3.05, 3.63) is 11.6 Å². The van der Waals surface area contributed by atoms with E-state index < -0.39 is 0 Å². The summed E-state index contributed by atoms with van der Waals surface area (Å²) in [5, 5.41) is 8.37. The Labute approximate surface area is 140 Å². The molecule has 4 rings (SSSR count). The molecule has 0 aliphatic carbocycles. The van der Waals surface area contributed by atoms with E-state index in [1.54, 1.807) is 16.8 Å². The highest BCUT2D eigenvalue weighted by Crippen LogP contribution is 2.24. The van der Waals surface area contributed by atoms with Gasteiger partial charge in [-0.1, -0.05) is 6.42 Å². The van der Waals surface area contributed by atoms with Crippen LogP contribution in [0.25, 0.3) is 0 Å². The minimum atomic E-state index is -0.114. The first-order valence-electron chi connectivity index (χ1n) is 8.74. The van der Waals surface area contributed by atoms with Crippen LogP contribution in [0.4, 0.5) is 0 Å². The van der Waals surface area contributed by atoms with E-state index in [4.69, 9.17) is 4.74 Å². The topological polar surface area (TPSA) is 80.6 Å². The molecule has 0 saturated carbocycles. The monoisotopic (exact) mass is 333 g/mol. The molecule has 0 unspecified atom stereocenters. The van der Waals surface area contributed by atoms with Gasteiger partial charge < -0.3 is 19.1 Å². The third kappa shape index (κ3) is 2.58. The van der Waals surface area contributed by atoms with Crippen LogP contribution in [0.3, 0.4) is 0 Å². The third-order valence-corrected chi connectivity index (χ3v) is 5.36. The predicted octanol–water partition coefficient (Wildman–Crippen LogP) is 0.0762. The predicted molar refractivity (Wildman–Crippen MR) is 84.4 cm³/mol. The van der Waals surface area contributed by atoms with Crippen molar-refractivity contribution < 1.29 is 14.3 Å². The Morgan fingerprint density at radius 2 is 2.04 bits per heavy atom. The number of hydrogen-bond acceptors (Lipinski definition) is 5. The molecule has 8 nitrogen and oxygen atoms in total. The Morgan fingerprint density at radius 3 is 2.92 bits per heavy atom. The summed E-state index contributed by atoms with van der Waals surface area (Å²) in [6, 6.07) is -0.0736. The standard InChI is InChI=1S/C16H23N5O3/c1-19-11-9-20(10-12(11)24-8-6-14(19)22)16(23)15-18-17-13-5-3-2-4-7-21(13)15/h11-12H,2-10H2,1H3/t11-,12-/m0/s1. The largest absolute Gasteiger partial charge is 0.374 e. The summed E-state index contributed by atoms with van der Waals surface area (Å²) in [6.07, 6.45) is 4.49. The van der Waals surface area contributed by atoms with E-state index in [1.807, 2.05) is 4.57 Å². The maximum absolute atomic E-state index is 13.0. The zero-order valence-electron chi connectivity index (χ0n) is 14.0. The Hall–Kier alpha value is -1.96. The van der Waals surface area contributed by atoms with Gasteiger partial charge in [-0.15, -0.1) is 10.2 Å². The molecule has 0 spiro atoms. The second-order valence-corrected chi connectivity index (χ2v) is 6.84. The fourth-order valence-corrected chi connectivity index (χ4v) is 3.90. The zero-order chi connectivity index (χ0) is 16.7. The molecule has 2 amide bonds. The summed E-state index contributed by atoms with van der Waals surface area (Å²) in [6.45, 7) is 2.23. The highest BCUT2D eigenvalue weighted by Gasteiger charge is 2.42. The van der Waals surface area contributed by atoms with Crippen molar-refractivity contribution >= 4 is 11.8 Å². The second kappa shape index (κ2) is 6.16. The normalized spacial score (nSPS) is 27.5. The van der Waals surface area contributed by atoms with Gasteiger partial charge in [0.05, 0.1) is 25.2 Å². The molecule has 3 aliphatic rings. The quantitative estimate of drug-likeness (QED) is 0.727. The van der Waals surface area contributed by atoms with Gasteiger partial charge in [0.25, 0.3) is 5.91 Å². The molecule has 3 aliphatic heterocycles. The van der Waals surface area contributed by atoms with Crippen molar-refractivity contribution in [1.29, 1.82) is 0 Å². The number of rotatable bonds is 1. The van der Waals surface area contributed by atoms with E-state index in [0.717, 1.165) is 38.1 Å². The van der Waals surface area contributed by atoms with Crippen LogP contribution in [-0.4, -0.2) is 75.3 Å². The lowest BCUT2D eigenvalue weighted by Crippen LogP contribution is -2.43. The molecule has 0 radical (unpaired) electrons. The van der Waals surface area contributed by atoms with Crippen LogP contribution in [0.5, 0.6) is 0 Å². The summed E-state index contributed by atoms with van der Waals surface area (Å²) in [7, 11) is 1.80. The Kier molecular flexibility index (Phi) is 3.99. The maximum atomic E-state index is 13.0. The number of likely N-dealkylation sites (tertiary alicyclic amines) is 1. The van der Waals surface area contributed by atoms with Crippen molar-refractivity contribution in [3.63, 3.8) is 0 Å². The Balaban J connectivity index is 1.54. The van der Waals surface area contributed by atoms with Crippen molar-refractivity contribution in [2.45, 2.75) is 50.8 Å². The van der Waals surface area contributed by atoms with Gasteiger partial charge in [0.15, 0.2) is 0 Å². The number of aryl methyl sites for hydroxylation is 1. The molecule has 0 bridgehead atoms. The summed E-state index contributed by atoms with van der Waals surface area (Å²) >= 11 is 0. The van der Waals surface area contributed by atoms with E-state index in [9.17, 15) is 9.59 Å². The number of hydrogen-bond donors (Lipinski definition) is 0. The molecule has 24 heavy (non-hydrogen) atoms. The summed E-state index contributed by atoms with van der Waals surface area (Å²) < 4.78 is 7.77. The second-order valence-electron chi connectivity index (χ2n) is 6.84. The van der Waals surface area contributed by atoms with Crippen LogP contribution in [0.1, 0.15) is 42.1 Å². The number of nitrogens with zero attached hydrogens (tertiary/aromatic N) is 5. The third-order valence-electron chi connectivity index (χ3n) is 5.36. The molecule has 2 saturated heterocycles. The average Bonchev–Trinajstić information content (AvgIpc) is 3.07. The van der Waals surface area contributed by atoms with Crippen LogP contribution >= 0.6 is 0 Å². The minimum absolute atomic E-state index is 0.0736. The number of ether oxygens (including phenoxy) is 1. The summed E-state index contributed by atoms with van der Waals surface area (Å²) in [5.41, 5.74) is 0. The van der Waals surface area contributed by atoms with Gasteiger partial charge in [-0.05, 0) is 12.8 Å². The smallest absolute Gasteiger partial charge is 0.291 e. The summed E-state index contributed by atoms with van der Waals surface area (Å²) in [5.74, 6) is 1.31. The molecule has 1 aromatic heterocycles. The highest BCUT2D eigenvalue weighted by molar-refractivity contribution is 5.91. The fraction of sp³-hybridized carbons (Fsp3) is 0.750. The van der Waals surface area contributed by atoms with Crippen LogP contribution in [-0.2, 0) is 22.5 Å². The SMILES string of the molecule is CN1C(=O)CCO[C@H]2CN(C(=O)c3nnc4n3CCCCC4)C[C@@H]21. The van der Waals surface area contributed by atoms with Gasteiger partial charge in [0.2, 0.25) is 11.7 Å². The number of aromatic nitrogens is 3. The van der Waals surface area contributed by atoms with E-state index in [-0.39, 0.29) is 24.0 Å². The van der Waals surface area contributed by atoms with Crippen LogP contribution < -0.4 is 0 Å². The molecular weight excluding hydrogens is 310 g/mol. The fourth-order valence-electron chi connectivity index (χ4n) is 3.90. The molecule has 0 aromatic carbocycles. The van der Waals surface area contributed by atoms with E-state index in [0.29, 0.717) is 31.9 Å². The van der Waals surface area contributed by atoms with Gasteiger partial charge >= 0.3 is 0 Å². The molecular formula is C16H23N5O3. The van der Waals surface area contributed by atoms with Crippen LogP contribution in [0.15, 0.2) is 0 Å². The first-order valence-corrected chi connectivity index (χ1v) is 8.74. The number of fused-ring (bicyclic) bond motifs is 2. The number of likely N-dealkylation sites (N-methyl/N-ethyl adjacent to an activating group) is 1. The zero-order valence-corrected chi connectivity index (χ0v) is 14.0. The van der Waals surface area contributed by atoms with Crippen molar-refractivity contribution in [2.75, 3.05) is 26.7 Å². The lowest BCUT2D eigenvalue weighted by atomic mass is 10.2. The summed E-state index contributed by atoms with van der Waals surface area (Å²) in [4.78, 5) is 28.4. The first-order chi connectivity index (χ1) is 11.6. The van der Waals surface area contributed by atoms with Crippen LogP contribution in [0.2, 0.25) is 0 Å². The molecule has 1 aromatic rings. The Morgan fingerprint density at radius 1 is 1.17 bits per heavy atom. The van der Waals surface area contributed by atoms with Crippen molar-refractivity contribution in [1.82, 2.24) is 24.6 Å². The van der Waals surface area contributed by atoms with E-state index in [2.05, 4.69) is 10.2 Å². The molecule has 2 fully saturated rings. The Bertz CT molecular complexity index is 658. The first kappa shape index (κ1) is 15.6. The van der Waals surface area contributed by atoms with Gasteiger partial charge in [-0.3, -0.25) is 9.59 Å². The molecule has 0 N–H and O–H groups in total. The van der Waals surface area contributed by atoms with E-state index in [1.165, 1.54) is 0 Å². The van der Waals surface area contributed by atoms with E-state index >= 15 is 0 Å². The van der Waals surface area contributed by atoms with Crippen molar-refractivity contribution in [2.24, 2.45) is 0 Å². The molecule has 4 heterocycles. The maximum Gasteiger partial charge on any atom is 0.291 e. The van der Waals surface area contributed by atoms with Gasteiger partial charge in [-0.2, -0.15) is 0 Å². The molecule has 8 heteroatoms. The highest BCUT2D eigenvalue weighted by atomic mass is 16.5. The molecule has 2 atom stereocenters. The molecule has 130 valence electrons. The van der Waals surface area contributed by atoms with Gasteiger partial charge in [-0.25, -0.2) is 0 Å². The van der Waals surface area contributed by atoms with Crippen molar-refractivity contribution in [3.8, 4) is 0 Å².